The van der Waals surface area contributed by atoms with Crippen molar-refractivity contribution in [2.75, 3.05) is 4.90 Å². The molecule has 0 bridgehead atoms. The number of hydrogen-bond acceptors (Lipinski definition) is 1. The Kier molecular flexibility index (Phi) is 4.61. The Morgan fingerprint density at radius 1 is 0.652 bits per heavy atom. The van der Waals surface area contributed by atoms with E-state index in [-0.39, 0.29) is 11.1 Å². The Labute approximate surface area is 142 Å². The van der Waals surface area contributed by atoms with Crippen molar-refractivity contribution in [1.29, 1.82) is 0 Å². The van der Waals surface area contributed by atoms with Gasteiger partial charge in [-0.1, -0.05) is 30.3 Å². The maximum absolute atomic E-state index is 2.55. The predicted octanol–water partition coefficient (Wildman–Crippen LogP) is 6.37. The molecular formula is C22H31N. The van der Waals surface area contributed by atoms with Gasteiger partial charge in [-0.15, -0.1) is 0 Å². The van der Waals surface area contributed by atoms with Gasteiger partial charge in [-0.05, 0) is 89.8 Å². The SMILES string of the molecule is Cc1cc(-c2ccccc2)cc(C)c1N(C(C)(C)C)C(C)(C)C. The molecule has 0 aliphatic heterocycles. The summed E-state index contributed by atoms with van der Waals surface area (Å²) in [4.78, 5) is 2.55. The summed E-state index contributed by atoms with van der Waals surface area (Å²) in [6.07, 6.45) is 0. The maximum atomic E-state index is 2.55. The van der Waals surface area contributed by atoms with Gasteiger partial charge in [0, 0.05) is 16.8 Å². The fourth-order valence-corrected chi connectivity index (χ4v) is 3.78. The summed E-state index contributed by atoms with van der Waals surface area (Å²) in [7, 11) is 0. The lowest BCUT2D eigenvalue weighted by atomic mass is 9.90. The zero-order chi connectivity index (χ0) is 17.4. The van der Waals surface area contributed by atoms with Crippen LogP contribution in [0.2, 0.25) is 0 Å². The van der Waals surface area contributed by atoms with E-state index in [9.17, 15) is 0 Å². The van der Waals surface area contributed by atoms with Crippen molar-refractivity contribution < 1.29 is 0 Å². The van der Waals surface area contributed by atoms with Crippen LogP contribution in [0.3, 0.4) is 0 Å². The smallest absolute Gasteiger partial charge is 0.0434 e. The van der Waals surface area contributed by atoms with Crippen LogP contribution in [-0.2, 0) is 0 Å². The van der Waals surface area contributed by atoms with Gasteiger partial charge in [0.1, 0.15) is 0 Å². The summed E-state index contributed by atoms with van der Waals surface area (Å²) in [5.74, 6) is 0. The van der Waals surface area contributed by atoms with Crippen LogP contribution in [0.25, 0.3) is 11.1 Å². The molecule has 0 aliphatic carbocycles. The molecule has 0 atom stereocenters. The number of benzene rings is 2. The van der Waals surface area contributed by atoms with Crippen molar-refractivity contribution in [1.82, 2.24) is 0 Å². The van der Waals surface area contributed by atoms with E-state index in [2.05, 4.69) is 103 Å². The fraction of sp³-hybridized carbons (Fsp3) is 0.455. The van der Waals surface area contributed by atoms with Gasteiger partial charge in [-0.2, -0.15) is 0 Å². The molecule has 0 heterocycles. The average Bonchev–Trinajstić information content (AvgIpc) is 2.40. The van der Waals surface area contributed by atoms with E-state index in [1.807, 2.05) is 0 Å². The molecule has 0 spiro atoms. The van der Waals surface area contributed by atoms with Crippen LogP contribution in [0, 0.1) is 13.8 Å². The molecule has 1 nitrogen and oxygen atoms in total. The number of anilines is 1. The number of nitrogens with zero attached hydrogens (tertiary/aromatic N) is 1. The molecule has 0 amide bonds. The third-order valence-electron chi connectivity index (χ3n) is 4.16. The van der Waals surface area contributed by atoms with Crippen LogP contribution >= 0.6 is 0 Å². The molecule has 2 aromatic carbocycles. The van der Waals surface area contributed by atoms with Crippen LogP contribution in [0.4, 0.5) is 5.69 Å². The summed E-state index contributed by atoms with van der Waals surface area (Å²) >= 11 is 0. The Morgan fingerprint density at radius 3 is 1.48 bits per heavy atom. The van der Waals surface area contributed by atoms with Crippen molar-refractivity contribution in [2.24, 2.45) is 0 Å². The number of rotatable bonds is 2. The summed E-state index contributed by atoms with van der Waals surface area (Å²) < 4.78 is 0. The molecule has 2 rings (SSSR count). The van der Waals surface area contributed by atoms with Crippen molar-refractivity contribution in [3.63, 3.8) is 0 Å². The zero-order valence-corrected chi connectivity index (χ0v) is 16.0. The largest absolute Gasteiger partial charge is 0.361 e. The minimum atomic E-state index is 0.0715. The molecule has 0 radical (unpaired) electrons. The highest BCUT2D eigenvalue weighted by Gasteiger charge is 2.33. The van der Waals surface area contributed by atoms with Crippen LogP contribution in [-0.4, -0.2) is 11.1 Å². The van der Waals surface area contributed by atoms with Gasteiger partial charge in [0.25, 0.3) is 0 Å². The Morgan fingerprint density at radius 2 is 1.09 bits per heavy atom. The van der Waals surface area contributed by atoms with E-state index in [1.165, 1.54) is 27.9 Å². The average molecular weight is 309 g/mol. The maximum Gasteiger partial charge on any atom is 0.0434 e. The van der Waals surface area contributed by atoms with Gasteiger partial charge in [-0.3, -0.25) is 0 Å². The number of hydrogen-bond donors (Lipinski definition) is 0. The third-order valence-corrected chi connectivity index (χ3v) is 4.16. The summed E-state index contributed by atoms with van der Waals surface area (Å²) in [5, 5.41) is 0. The van der Waals surface area contributed by atoms with Gasteiger partial charge < -0.3 is 4.90 Å². The van der Waals surface area contributed by atoms with E-state index in [4.69, 9.17) is 0 Å². The minimum Gasteiger partial charge on any atom is -0.361 e. The molecule has 0 aromatic heterocycles. The normalized spacial score (nSPS) is 12.3. The molecule has 0 aliphatic rings. The monoisotopic (exact) mass is 309 g/mol. The van der Waals surface area contributed by atoms with Crippen molar-refractivity contribution in [2.45, 2.75) is 66.5 Å². The van der Waals surface area contributed by atoms with Crippen LogP contribution in [0.1, 0.15) is 52.7 Å². The van der Waals surface area contributed by atoms with Crippen molar-refractivity contribution in [3.05, 3.63) is 53.6 Å². The highest BCUT2D eigenvalue weighted by molar-refractivity contribution is 5.72. The molecule has 2 aromatic rings. The molecule has 0 unspecified atom stereocenters. The Bertz CT molecular complexity index is 632. The topological polar surface area (TPSA) is 3.24 Å². The van der Waals surface area contributed by atoms with E-state index in [1.54, 1.807) is 0 Å². The van der Waals surface area contributed by atoms with Gasteiger partial charge in [-0.25, -0.2) is 0 Å². The van der Waals surface area contributed by atoms with E-state index in [0.717, 1.165) is 0 Å². The molecule has 0 N–H and O–H groups in total. The molecule has 0 saturated heterocycles. The quantitative estimate of drug-likeness (QED) is 0.622. The summed E-state index contributed by atoms with van der Waals surface area (Å²) in [6, 6.07) is 15.3. The second kappa shape index (κ2) is 6.03. The van der Waals surface area contributed by atoms with E-state index < -0.39 is 0 Å². The lowest BCUT2D eigenvalue weighted by Crippen LogP contribution is -2.53. The first-order valence-electron chi connectivity index (χ1n) is 8.49. The number of aryl methyl sites for hydroxylation is 2. The third kappa shape index (κ3) is 3.77. The second-order valence-corrected chi connectivity index (χ2v) is 8.50. The van der Waals surface area contributed by atoms with Crippen molar-refractivity contribution >= 4 is 5.69 Å². The highest BCUT2D eigenvalue weighted by atomic mass is 15.2. The molecule has 0 fully saturated rings. The first-order valence-corrected chi connectivity index (χ1v) is 8.49. The van der Waals surface area contributed by atoms with Crippen LogP contribution < -0.4 is 4.90 Å². The lowest BCUT2D eigenvalue weighted by molar-refractivity contribution is 0.379. The van der Waals surface area contributed by atoms with Gasteiger partial charge in [0.05, 0.1) is 0 Å². The van der Waals surface area contributed by atoms with Crippen molar-refractivity contribution in [3.8, 4) is 11.1 Å². The standard InChI is InChI=1S/C22H31N/c1-16-14-19(18-12-10-9-11-13-18)15-17(2)20(16)23(21(3,4)5)22(6,7)8/h9-15H,1-8H3. The summed E-state index contributed by atoms with van der Waals surface area (Å²) in [5.41, 5.74) is 6.77. The van der Waals surface area contributed by atoms with Gasteiger partial charge >= 0.3 is 0 Å². The zero-order valence-electron chi connectivity index (χ0n) is 16.0. The fourth-order valence-electron chi connectivity index (χ4n) is 3.78. The first kappa shape index (κ1) is 17.6. The molecule has 0 saturated carbocycles. The van der Waals surface area contributed by atoms with E-state index >= 15 is 0 Å². The predicted molar refractivity (Wildman–Crippen MR) is 103 cm³/mol. The highest BCUT2D eigenvalue weighted by Crippen LogP contribution is 2.38. The second-order valence-electron chi connectivity index (χ2n) is 8.50. The van der Waals surface area contributed by atoms with E-state index in [0.29, 0.717) is 0 Å². The summed E-state index contributed by atoms with van der Waals surface area (Å²) in [6.45, 7) is 18.2. The molecule has 1 heteroatoms. The van der Waals surface area contributed by atoms with Gasteiger partial charge in [0.2, 0.25) is 0 Å². The lowest BCUT2D eigenvalue weighted by Gasteiger charge is -2.49. The Hall–Kier alpha value is -1.76. The first-order chi connectivity index (χ1) is 10.5. The minimum absolute atomic E-state index is 0.0715. The van der Waals surface area contributed by atoms with Crippen LogP contribution in [0.5, 0.6) is 0 Å². The molecule has 23 heavy (non-hydrogen) atoms. The van der Waals surface area contributed by atoms with Crippen LogP contribution in [0.15, 0.2) is 42.5 Å². The Balaban J connectivity index is 2.61. The molecular weight excluding hydrogens is 278 g/mol. The van der Waals surface area contributed by atoms with Gasteiger partial charge in [0.15, 0.2) is 0 Å². The molecule has 124 valence electrons.